The summed E-state index contributed by atoms with van der Waals surface area (Å²) < 4.78 is 4.79. The molecule has 2 unspecified atom stereocenters. The lowest BCUT2D eigenvalue weighted by molar-refractivity contribution is 0.0574. The molecule has 0 aromatic heterocycles. The number of methoxy groups -OCH3 is 1. The van der Waals surface area contributed by atoms with Gasteiger partial charge in [0.2, 0.25) is 0 Å². The molecule has 0 aromatic rings. The number of aliphatic hydroxyl groups excluding tert-OH is 1. The number of aliphatic hydroxyl groups is 1. The maximum Gasteiger partial charge on any atom is 0.0736 e. The van der Waals surface area contributed by atoms with Crippen molar-refractivity contribution in [2.75, 3.05) is 13.7 Å². The highest BCUT2D eigenvalue weighted by Gasteiger charge is 2.17. The average Bonchev–Trinajstić information content (AvgIpc) is 1.87. The Morgan fingerprint density at radius 2 is 2.00 bits per heavy atom. The molecule has 0 aliphatic rings. The van der Waals surface area contributed by atoms with Gasteiger partial charge in [0, 0.05) is 7.11 Å². The van der Waals surface area contributed by atoms with Gasteiger partial charge in [0.15, 0.2) is 0 Å². The lowest BCUT2D eigenvalue weighted by Crippen LogP contribution is -2.41. The topological polar surface area (TPSA) is 55.5 Å². The van der Waals surface area contributed by atoms with Gasteiger partial charge in [-0.3, -0.25) is 0 Å². The van der Waals surface area contributed by atoms with Crippen LogP contribution in [0.4, 0.5) is 0 Å². The van der Waals surface area contributed by atoms with E-state index < -0.39 is 6.10 Å². The molecule has 10 heavy (non-hydrogen) atoms. The van der Waals surface area contributed by atoms with Crippen LogP contribution in [0.3, 0.4) is 0 Å². The monoisotopic (exact) mass is 147 g/mol. The lowest BCUT2D eigenvalue weighted by atomic mass is 10.0. The quantitative estimate of drug-likeness (QED) is 0.587. The molecule has 0 rings (SSSR count). The van der Waals surface area contributed by atoms with Crippen molar-refractivity contribution >= 4 is 0 Å². The zero-order valence-corrected chi connectivity index (χ0v) is 6.87. The van der Waals surface area contributed by atoms with Crippen LogP contribution in [0.25, 0.3) is 0 Å². The predicted octanol–water partition coefficient (Wildman–Crippen LogP) is -0.0230. The van der Waals surface area contributed by atoms with Crippen molar-refractivity contribution in [3.05, 3.63) is 0 Å². The Hall–Kier alpha value is -0.120. The summed E-state index contributed by atoms with van der Waals surface area (Å²) in [6.45, 7) is 4.28. The van der Waals surface area contributed by atoms with Gasteiger partial charge in [-0.15, -0.1) is 0 Å². The Balaban J connectivity index is 3.58. The third-order valence-corrected chi connectivity index (χ3v) is 1.48. The molecule has 0 saturated carbocycles. The van der Waals surface area contributed by atoms with Crippen LogP contribution in [-0.4, -0.2) is 31.0 Å². The molecule has 0 aliphatic heterocycles. The summed E-state index contributed by atoms with van der Waals surface area (Å²) in [6.07, 6.45) is -0.458. The van der Waals surface area contributed by atoms with Crippen molar-refractivity contribution in [3.8, 4) is 0 Å². The van der Waals surface area contributed by atoms with Gasteiger partial charge in [0.1, 0.15) is 0 Å². The molecule has 0 spiro atoms. The number of nitrogens with two attached hydrogens (primary N) is 1. The summed E-state index contributed by atoms with van der Waals surface area (Å²) in [5, 5.41) is 9.32. The largest absolute Gasteiger partial charge is 0.391 e. The van der Waals surface area contributed by atoms with E-state index in [1.54, 1.807) is 7.11 Å². The first-order valence-corrected chi connectivity index (χ1v) is 3.52. The first-order chi connectivity index (χ1) is 4.59. The number of hydrogen-bond acceptors (Lipinski definition) is 3. The molecule has 0 fully saturated rings. The zero-order chi connectivity index (χ0) is 8.15. The Morgan fingerprint density at radius 1 is 1.50 bits per heavy atom. The van der Waals surface area contributed by atoms with Gasteiger partial charge in [-0.2, -0.15) is 0 Å². The van der Waals surface area contributed by atoms with E-state index in [0.29, 0.717) is 6.61 Å². The molecule has 62 valence electrons. The minimum absolute atomic E-state index is 0.199. The first kappa shape index (κ1) is 9.88. The van der Waals surface area contributed by atoms with Crippen LogP contribution in [0.5, 0.6) is 0 Å². The van der Waals surface area contributed by atoms with Gasteiger partial charge in [-0.25, -0.2) is 0 Å². The van der Waals surface area contributed by atoms with Crippen LogP contribution in [0.2, 0.25) is 0 Å². The van der Waals surface area contributed by atoms with Crippen LogP contribution in [0, 0.1) is 5.92 Å². The number of hydrogen-bond donors (Lipinski definition) is 2. The van der Waals surface area contributed by atoms with Gasteiger partial charge in [-0.05, 0) is 5.92 Å². The zero-order valence-electron chi connectivity index (χ0n) is 6.87. The molecular weight excluding hydrogens is 130 g/mol. The molecule has 3 heteroatoms. The van der Waals surface area contributed by atoms with E-state index in [1.807, 2.05) is 13.8 Å². The van der Waals surface area contributed by atoms with Gasteiger partial charge in [-0.1, -0.05) is 13.8 Å². The molecule has 0 bridgehead atoms. The lowest BCUT2D eigenvalue weighted by Gasteiger charge is -2.20. The van der Waals surface area contributed by atoms with E-state index in [9.17, 15) is 5.11 Å². The molecule has 0 radical (unpaired) electrons. The fraction of sp³-hybridized carbons (Fsp3) is 1.00. The minimum Gasteiger partial charge on any atom is -0.391 e. The second kappa shape index (κ2) is 4.66. The molecule has 3 nitrogen and oxygen atoms in total. The molecule has 2 atom stereocenters. The van der Waals surface area contributed by atoms with E-state index in [4.69, 9.17) is 10.5 Å². The highest BCUT2D eigenvalue weighted by atomic mass is 16.5. The Morgan fingerprint density at radius 3 is 2.30 bits per heavy atom. The smallest absolute Gasteiger partial charge is 0.0736 e. The normalized spacial score (nSPS) is 17.4. The van der Waals surface area contributed by atoms with Crippen molar-refractivity contribution in [1.82, 2.24) is 0 Å². The van der Waals surface area contributed by atoms with E-state index in [-0.39, 0.29) is 12.0 Å². The van der Waals surface area contributed by atoms with Crippen LogP contribution in [0.1, 0.15) is 13.8 Å². The van der Waals surface area contributed by atoms with Crippen LogP contribution >= 0.6 is 0 Å². The standard InChI is InChI=1S/C7H17NO2/c1-5(2)7(9)6(8)4-10-3/h5-7,9H,4,8H2,1-3H3. The SMILES string of the molecule is COCC(N)C(O)C(C)C. The maximum atomic E-state index is 9.32. The fourth-order valence-corrected chi connectivity index (χ4v) is 0.785. The second-order valence-corrected chi connectivity index (χ2v) is 2.85. The summed E-state index contributed by atoms with van der Waals surface area (Å²) in [5.41, 5.74) is 5.55. The summed E-state index contributed by atoms with van der Waals surface area (Å²) in [4.78, 5) is 0. The van der Waals surface area contributed by atoms with E-state index in [2.05, 4.69) is 0 Å². The van der Waals surface area contributed by atoms with Gasteiger partial charge in [0.25, 0.3) is 0 Å². The highest BCUT2D eigenvalue weighted by molar-refractivity contribution is 4.73. The van der Waals surface area contributed by atoms with Crippen LogP contribution in [-0.2, 0) is 4.74 Å². The Labute approximate surface area is 62.2 Å². The Kier molecular flexibility index (Phi) is 4.60. The van der Waals surface area contributed by atoms with Crippen molar-refractivity contribution in [2.45, 2.75) is 26.0 Å². The van der Waals surface area contributed by atoms with E-state index in [1.165, 1.54) is 0 Å². The Bertz CT molecular complexity index is 85.7. The summed E-state index contributed by atoms with van der Waals surface area (Å²) in [6, 6.07) is -0.259. The average molecular weight is 147 g/mol. The molecule has 0 aromatic carbocycles. The molecule has 0 aliphatic carbocycles. The van der Waals surface area contributed by atoms with Crippen molar-refractivity contribution in [1.29, 1.82) is 0 Å². The summed E-state index contributed by atoms with van der Waals surface area (Å²) in [7, 11) is 1.58. The third-order valence-electron chi connectivity index (χ3n) is 1.48. The first-order valence-electron chi connectivity index (χ1n) is 3.52. The molecular formula is C7H17NO2. The minimum atomic E-state index is -0.458. The van der Waals surface area contributed by atoms with Gasteiger partial charge in [0.05, 0.1) is 18.8 Å². The molecule has 0 saturated heterocycles. The number of rotatable bonds is 4. The van der Waals surface area contributed by atoms with Crippen molar-refractivity contribution in [2.24, 2.45) is 11.7 Å². The fourth-order valence-electron chi connectivity index (χ4n) is 0.785. The van der Waals surface area contributed by atoms with Crippen molar-refractivity contribution in [3.63, 3.8) is 0 Å². The summed E-state index contributed by atoms with van der Waals surface area (Å²) in [5.74, 6) is 0.199. The highest BCUT2D eigenvalue weighted by Crippen LogP contribution is 2.03. The van der Waals surface area contributed by atoms with Crippen LogP contribution in [0.15, 0.2) is 0 Å². The van der Waals surface area contributed by atoms with Crippen LogP contribution < -0.4 is 5.73 Å². The molecule has 0 amide bonds. The molecule has 0 heterocycles. The second-order valence-electron chi connectivity index (χ2n) is 2.85. The molecule has 3 N–H and O–H groups in total. The number of ether oxygens (including phenoxy) is 1. The van der Waals surface area contributed by atoms with Gasteiger partial charge >= 0.3 is 0 Å². The van der Waals surface area contributed by atoms with Gasteiger partial charge < -0.3 is 15.6 Å². The predicted molar refractivity (Wildman–Crippen MR) is 40.7 cm³/mol. The third kappa shape index (κ3) is 3.15. The summed E-state index contributed by atoms with van der Waals surface area (Å²) >= 11 is 0. The maximum absolute atomic E-state index is 9.32. The van der Waals surface area contributed by atoms with E-state index in [0.717, 1.165) is 0 Å². The van der Waals surface area contributed by atoms with E-state index >= 15 is 0 Å². The van der Waals surface area contributed by atoms with Crippen molar-refractivity contribution < 1.29 is 9.84 Å².